The van der Waals surface area contributed by atoms with Crippen molar-refractivity contribution in [2.75, 3.05) is 18.6 Å². The Hall–Kier alpha value is -1.46. The normalized spacial score (nSPS) is 22.2. The number of hydrogen-bond acceptors (Lipinski definition) is 3. The first-order valence-electron chi connectivity index (χ1n) is 6.29. The Morgan fingerprint density at radius 3 is 2.53 bits per heavy atom. The molecule has 1 amide bonds. The molecule has 1 aliphatic rings. The minimum atomic E-state index is -0.0553. The second kappa shape index (κ2) is 5.67. The third-order valence-corrected chi connectivity index (χ3v) is 3.80. The van der Waals surface area contributed by atoms with Crippen molar-refractivity contribution in [3.05, 3.63) is 29.8 Å². The molecule has 2 rings (SSSR count). The van der Waals surface area contributed by atoms with Gasteiger partial charge in [0.05, 0.1) is 12.0 Å². The van der Waals surface area contributed by atoms with Gasteiger partial charge < -0.3 is 15.4 Å². The van der Waals surface area contributed by atoms with Gasteiger partial charge in [0.15, 0.2) is 0 Å². The maximum Gasteiger partial charge on any atom is 0.232 e. The molecule has 2 N–H and O–H groups in total. The SMILES string of the molecule is CC1OCCC1C(=O)N(C)c1ccc(C(N)=S)cc1. The van der Waals surface area contributed by atoms with Crippen molar-refractivity contribution in [2.45, 2.75) is 19.4 Å². The molecule has 1 heterocycles. The predicted octanol–water partition coefficient (Wildman–Crippen LogP) is 1.71. The van der Waals surface area contributed by atoms with E-state index in [0.717, 1.165) is 17.7 Å². The molecule has 1 fully saturated rings. The lowest BCUT2D eigenvalue weighted by Crippen LogP contribution is -2.35. The zero-order valence-electron chi connectivity index (χ0n) is 11.1. The maximum atomic E-state index is 12.4. The fourth-order valence-electron chi connectivity index (χ4n) is 2.28. The fourth-order valence-corrected chi connectivity index (χ4v) is 2.42. The summed E-state index contributed by atoms with van der Waals surface area (Å²) >= 11 is 4.91. The summed E-state index contributed by atoms with van der Waals surface area (Å²) in [5.41, 5.74) is 7.19. The molecule has 2 atom stereocenters. The minimum Gasteiger partial charge on any atom is -0.389 e. The van der Waals surface area contributed by atoms with E-state index in [1.54, 1.807) is 11.9 Å². The van der Waals surface area contributed by atoms with E-state index in [2.05, 4.69) is 0 Å². The number of ether oxygens (including phenoxy) is 1. The van der Waals surface area contributed by atoms with Crippen molar-refractivity contribution in [1.82, 2.24) is 0 Å². The fraction of sp³-hybridized carbons (Fsp3) is 0.429. The first-order valence-corrected chi connectivity index (χ1v) is 6.70. The number of benzene rings is 1. The van der Waals surface area contributed by atoms with Crippen LogP contribution in [0.3, 0.4) is 0 Å². The van der Waals surface area contributed by atoms with Gasteiger partial charge in [-0.3, -0.25) is 4.79 Å². The molecule has 0 spiro atoms. The van der Waals surface area contributed by atoms with Crippen LogP contribution in [0.2, 0.25) is 0 Å². The molecule has 1 aliphatic heterocycles. The highest BCUT2D eigenvalue weighted by molar-refractivity contribution is 7.80. The van der Waals surface area contributed by atoms with Gasteiger partial charge in [-0.1, -0.05) is 12.2 Å². The van der Waals surface area contributed by atoms with Crippen molar-refractivity contribution in [3.63, 3.8) is 0 Å². The Morgan fingerprint density at radius 2 is 2.05 bits per heavy atom. The van der Waals surface area contributed by atoms with E-state index in [9.17, 15) is 4.79 Å². The van der Waals surface area contributed by atoms with Crippen LogP contribution >= 0.6 is 12.2 Å². The van der Waals surface area contributed by atoms with Crippen LogP contribution in [0.25, 0.3) is 0 Å². The van der Waals surface area contributed by atoms with Gasteiger partial charge in [-0.15, -0.1) is 0 Å². The first kappa shape index (κ1) is 14.0. The Morgan fingerprint density at radius 1 is 1.42 bits per heavy atom. The second-order valence-corrected chi connectivity index (χ2v) is 5.22. The highest BCUT2D eigenvalue weighted by atomic mass is 32.1. The molecule has 0 radical (unpaired) electrons. The van der Waals surface area contributed by atoms with Gasteiger partial charge in [-0.2, -0.15) is 0 Å². The van der Waals surface area contributed by atoms with Crippen LogP contribution in [-0.2, 0) is 9.53 Å². The number of nitrogens with zero attached hydrogens (tertiary/aromatic N) is 1. The Kier molecular flexibility index (Phi) is 4.17. The Bertz CT molecular complexity index is 487. The molecule has 2 unspecified atom stereocenters. The van der Waals surface area contributed by atoms with Gasteiger partial charge in [0, 0.05) is 24.9 Å². The van der Waals surface area contributed by atoms with Crippen LogP contribution in [0.5, 0.6) is 0 Å². The van der Waals surface area contributed by atoms with Crippen LogP contribution in [0.1, 0.15) is 18.9 Å². The number of carbonyl (C=O) groups is 1. The van der Waals surface area contributed by atoms with Gasteiger partial charge in [-0.05, 0) is 37.6 Å². The highest BCUT2D eigenvalue weighted by Gasteiger charge is 2.33. The molecule has 1 aromatic rings. The molecular formula is C14H18N2O2S. The number of hydrogen-bond donors (Lipinski definition) is 1. The summed E-state index contributed by atoms with van der Waals surface area (Å²) in [4.78, 5) is 14.4. The van der Waals surface area contributed by atoms with Crippen molar-refractivity contribution in [2.24, 2.45) is 11.7 Å². The van der Waals surface area contributed by atoms with Gasteiger partial charge in [-0.25, -0.2) is 0 Å². The monoisotopic (exact) mass is 278 g/mol. The van der Waals surface area contributed by atoms with Gasteiger partial charge in [0.2, 0.25) is 5.91 Å². The minimum absolute atomic E-state index is 0.00848. The predicted molar refractivity (Wildman–Crippen MR) is 79.3 cm³/mol. The third kappa shape index (κ3) is 2.93. The summed E-state index contributed by atoms with van der Waals surface area (Å²) in [5, 5.41) is 0. The van der Waals surface area contributed by atoms with Crippen molar-refractivity contribution in [1.29, 1.82) is 0 Å². The van der Waals surface area contributed by atoms with Crippen LogP contribution in [0, 0.1) is 5.92 Å². The molecule has 1 aromatic carbocycles. The smallest absolute Gasteiger partial charge is 0.232 e. The van der Waals surface area contributed by atoms with E-state index in [4.69, 9.17) is 22.7 Å². The summed E-state index contributed by atoms with van der Waals surface area (Å²) in [6.07, 6.45) is 0.779. The number of anilines is 1. The lowest BCUT2D eigenvalue weighted by Gasteiger charge is -2.23. The number of rotatable bonds is 3. The molecule has 4 nitrogen and oxygen atoms in total. The first-order chi connectivity index (χ1) is 9.00. The van der Waals surface area contributed by atoms with Crippen LogP contribution < -0.4 is 10.6 Å². The number of nitrogens with two attached hydrogens (primary N) is 1. The van der Waals surface area contributed by atoms with E-state index in [0.29, 0.717) is 11.6 Å². The van der Waals surface area contributed by atoms with Gasteiger partial charge in [0.1, 0.15) is 4.99 Å². The molecule has 19 heavy (non-hydrogen) atoms. The largest absolute Gasteiger partial charge is 0.389 e. The molecular weight excluding hydrogens is 260 g/mol. The quantitative estimate of drug-likeness (QED) is 0.855. The van der Waals surface area contributed by atoms with Crippen molar-refractivity contribution >= 4 is 28.8 Å². The molecule has 0 bridgehead atoms. The topological polar surface area (TPSA) is 55.6 Å². The standard InChI is InChI=1S/C14H18N2O2S/c1-9-12(7-8-18-9)14(17)16(2)11-5-3-10(4-6-11)13(15)19/h3-6,9,12H,7-8H2,1-2H3,(H2,15,19). The lowest BCUT2D eigenvalue weighted by molar-refractivity contribution is -0.123. The number of amides is 1. The third-order valence-electron chi connectivity index (χ3n) is 3.56. The van der Waals surface area contributed by atoms with Gasteiger partial charge in [0.25, 0.3) is 0 Å². The van der Waals surface area contributed by atoms with E-state index < -0.39 is 0 Å². The Balaban J connectivity index is 2.12. The Labute approximate surface area is 118 Å². The molecule has 0 aliphatic carbocycles. The summed E-state index contributed by atoms with van der Waals surface area (Å²) < 4.78 is 5.44. The average molecular weight is 278 g/mol. The van der Waals surface area contributed by atoms with Crippen molar-refractivity contribution < 1.29 is 9.53 Å². The lowest BCUT2D eigenvalue weighted by atomic mass is 10.0. The molecule has 1 saturated heterocycles. The number of thiocarbonyl (C=S) groups is 1. The van der Waals surface area contributed by atoms with E-state index >= 15 is 0 Å². The number of carbonyl (C=O) groups excluding carboxylic acids is 1. The summed E-state index contributed by atoms with van der Waals surface area (Å²) in [5.74, 6) is 0.0355. The summed E-state index contributed by atoms with van der Waals surface area (Å²) in [6.45, 7) is 2.60. The summed E-state index contributed by atoms with van der Waals surface area (Å²) in [6, 6.07) is 7.37. The van der Waals surface area contributed by atoms with Crippen LogP contribution in [-0.4, -0.2) is 30.7 Å². The molecule has 0 saturated carbocycles. The van der Waals surface area contributed by atoms with Crippen LogP contribution in [0.4, 0.5) is 5.69 Å². The van der Waals surface area contributed by atoms with Gasteiger partial charge >= 0.3 is 0 Å². The van der Waals surface area contributed by atoms with E-state index in [-0.39, 0.29) is 17.9 Å². The van der Waals surface area contributed by atoms with E-state index in [1.807, 2.05) is 31.2 Å². The van der Waals surface area contributed by atoms with E-state index in [1.165, 1.54) is 0 Å². The van der Waals surface area contributed by atoms with Crippen LogP contribution in [0.15, 0.2) is 24.3 Å². The molecule has 5 heteroatoms. The highest BCUT2D eigenvalue weighted by Crippen LogP contribution is 2.25. The molecule has 102 valence electrons. The average Bonchev–Trinajstić information content (AvgIpc) is 2.83. The van der Waals surface area contributed by atoms with Crippen molar-refractivity contribution in [3.8, 4) is 0 Å². The zero-order chi connectivity index (χ0) is 14.0. The second-order valence-electron chi connectivity index (χ2n) is 4.78. The molecule has 0 aromatic heterocycles. The maximum absolute atomic E-state index is 12.4. The summed E-state index contributed by atoms with van der Waals surface area (Å²) in [7, 11) is 1.78. The zero-order valence-corrected chi connectivity index (χ0v) is 11.9.